The molecule has 3 atom stereocenters. The van der Waals surface area contributed by atoms with E-state index in [0.29, 0.717) is 38.0 Å². The molecular weight excluding hydrogens is 374 g/mol. The number of piperidine rings is 2. The maximum absolute atomic E-state index is 13.1. The highest BCUT2D eigenvalue weighted by Gasteiger charge is 2.38. The van der Waals surface area contributed by atoms with Gasteiger partial charge in [0.1, 0.15) is 0 Å². The molecule has 1 amide bonds. The van der Waals surface area contributed by atoms with Crippen molar-refractivity contribution in [2.24, 2.45) is 17.8 Å². The lowest BCUT2D eigenvalue weighted by Gasteiger charge is -2.39. The summed E-state index contributed by atoms with van der Waals surface area (Å²) in [4.78, 5) is 12.6. The van der Waals surface area contributed by atoms with E-state index in [-0.39, 0.29) is 18.4 Å². The molecule has 0 unspecified atom stereocenters. The number of carbonyl (C=O) groups excluding carboxylic acids is 1. The van der Waals surface area contributed by atoms with Crippen molar-refractivity contribution in [3.8, 4) is 0 Å². The second-order valence-electron chi connectivity index (χ2n) is 8.67. The second-order valence-corrected chi connectivity index (χ2v) is 10.6. The van der Waals surface area contributed by atoms with Gasteiger partial charge in [0.05, 0.1) is 5.92 Å². The fourth-order valence-electron chi connectivity index (χ4n) is 4.36. The van der Waals surface area contributed by atoms with Crippen LogP contribution in [0.15, 0.2) is 24.3 Å². The number of hydrogen-bond acceptors (Lipinski definition) is 3. The molecule has 1 aromatic carbocycles. The molecule has 2 fully saturated rings. The Hall–Kier alpha value is -1.44. The molecule has 28 heavy (non-hydrogen) atoms. The van der Waals surface area contributed by atoms with Gasteiger partial charge in [-0.1, -0.05) is 43.7 Å². The molecule has 0 aliphatic carbocycles. The van der Waals surface area contributed by atoms with Crippen LogP contribution in [0.2, 0.25) is 0 Å². The lowest BCUT2D eigenvalue weighted by atomic mass is 9.94. The number of benzene rings is 1. The van der Waals surface area contributed by atoms with Crippen LogP contribution >= 0.6 is 0 Å². The summed E-state index contributed by atoms with van der Waals surface area (Å²) < 4.78 is 29.4. The maximum Gasteiger partial charge on any atom is 0.282 e. The Kier molecular flexibility index (Phi) is 6.78. The van der Waals surface area contributed by atoms with Crippen LogP contribution in [-0.2, 0) is 21.5 Å². The van der Waals surface area contributed by atoms with Gasteiger partial charge in [0, 0.05) is 32.7 Å². The van der Waals surface area contributed by atoms with Gasteiger partial charge in [-0.2, -0.15) is 17.0 Å². The first-order chi connectivity index (χ1) is 13.3. The summed E-state index contributed by atoms with van der Waals surface area (Å²) in [6.45, 7) is 8.66. The topological polar surface area (TPSA) is 69.7 Å². The summed E-state index contributed by atoms with van der Waals surface area (Å²) in [6.07, 6.45) is 2.52. The van der Waals surface area contributed by atoms with Gasteiger partial charge in [0.15, 0.2) is 0 Å². The van der Waals surface area contributed by atoms with E-state index in [2.05, 4.69) is 19.2 Å². The smallest absolute Gasteiger partial charge is 0.282 e. The van der Waals surface area contributed by atoms with Crippen LogP contribution < -0.4 is 5.32 Å². The van der Waals surface area contributed by atoms with Gasteiger partial charge >= 0.3 is 0 Å². The van der Waals surface area contributed by atoms with E-state index in [4.69, 9.17) is 0 Å². The molecule has 2 heterocycles. The first kappa shape index (κ1) is 21.3. The highest BCUT2D eigenvalue weighted by molar-refractivity contribution is 7.86. The van der Waals surface area contributed by atoms with Gasteiger partial charge in [0.25, 0.3) is 10.2 Å². The number of hydrogen-bond donors (Lipinski definition) is 1. The molecule has 1 aromatic rings. The Labute approximate surface area is 169 Å². The molecule has 0 radical (unpaired) electrons. The van der Waals surface area contributed by atoms with E-state index in [1.165, 1.54) is 9.87 Å². The summed E-state index contributed by atoms with van der Waals surface area (Å²) in [5.41, 5.74) is 2.24. The standard InChI is InChI=1S/C21H33N3O3S/c1-16-6-8-19(9-7-16)12-22-21(25)20-5-4-10-23(15-20)28(26,27)24-13-17(2)11-18(3)14-24/h6-9,17-18,20H,4-5,10-15H2,1-3H3,(H,22,25)/t17-,18+,20-/m0/s1. The molecule has 3 rings (SSSR count). The fraction of sp³-hybridized carbons (Fsp3) is 0.667. The molecule has 0 aromatic heterocycles. The monoisotopic (exact) mass is 407 g/mol. The van der Waals surface area contributed by atoms with Crippen molar-refractivity contribution in [3.63, 3.8) is 0 Å². The third-order valence-electron chi connectivity index (χ3n) is 5.83. The van der Waals surface area contributed by atoms with E-state index in [0.717, 1.165) is 24.8 Å². The number of nitrogens with one attached hydrogen (secondary N) is 1. The van der Waals surface area contributed by atoms with Crippen molar-refractivity contribution in [2.75, 3.05) is 26.2 Å². The summed E-state index contributed by atoms with van der Waals surface area (Å²) in [6, 6.07) is 8.06. The predicted octanol–water partition coefficient (Wildman–Crippen LogP) is 2.55. The van der Waals surface area contributed by atoms with E-state index >= 15 is 0 Å². The molecule has 0 spiro atoms. The van der Waals surface area contributed by atoms with E-state index in [1.807, 2.05) is 31.2 Å². The van der Waals surface area contributed by atoms with Crippen LogP contribution in [-0.4, -0.2) is 49.1 Å². The lowest BCUT2D eigenvalue weighted by Crippen LogP contribution is -2.53. The minimum atomic E-state index is -3.50. The van der Waals surface area contributed by atoms with Crippen molar-refractivity contribution in [1.82, 2.24) is 13.9 Å². The SMILES string of the molecule is Cc1ccc(CNC(=O)[C@H]2CCCN(S(=O)(=O)N3C[C@H](C)C[C@H](C)C3)C2)cc1. The minimum absolute atomic E-state index is 0.0548. The summed E-state index contributed by atoms with van der Waals surface area (Å²) in [7, 11) is -3.50. The summed E-state index contributed by atoms with van der Waals surface area (Å²) >= 11 is 0. The van der Waals surface area contributed by atoms with E-state index < -0.39 is 10.2 Å². The van der Waals surface area contributed by atoms with Crippen molar-refractivity contribution >= 4 is 16.1 Å². The number of amides is 1. The van der Waals surface area contributed by atoms with E-state index in [9.17, 15) is 13.2 Å². The lowest BCUT2D eigenvalue weighted by molar-refractivity contribution is -0.126. The molecular formula is C21H33N3O3S. The van der Waals surface area contributed by atoms with Gasteiger partial charge in [-0.25, -0.2) is 0 Å². The molecule has 0 saturated carbocycles. The largest absolute Gasteiger partial charge is 0.352 e. The van der Waals surface area contributed by atoms with Gasteiger partial charge in [-0.05, 0) is 43.6 Å². The Bertz CT molecular complexity index is 769. The molecule has 6 nitrogen and oxygen atoms in total. The van der Waals surface area contributed by atoms with Gasteiger partial charge < -0.3 is 5.32 Å². The molecule has 7 heteroatoms. The van der Waals surface area contributed by atoms with Crippen LogP contribution in [0.25, 0.3) is 0 Å². The third kappa shape index (κ3) is 5.13. The molecule has 1 N–H and O–H groups in total. The third-order valence-corrected chi connectivity index (χ3v) is 7.77. The number of aryl methyl sites for hydroxylation is 1. The van der Waals surface area contributed by atoms with Crippen LogP contribution in [0.3, 0.4) is 0 Å². The Morgan fingerprint density at radius 1 is 1.07 bits per heavy atom. The summed E-state index contributed by atoms with van der Waals surface area (Å²) in [5, 5.41) is 2.98. The Morgan fingerprint density at radius 2 is 1.71 bits per heavy atom. The van der Waals surface area contributed by atoms with Crippen molar-refractivity contribution in [3.05, 3.63) is 35.4 Å². The zero-order chi connectivity index (χ0) is 20.3. The van der Waals surface area contributed by atoms with Crippen molar-refractivity contribution in [2.45, 2.75) is 46.6 Å². The quantitative estimate of drug-likeness (QED) is 0.815. The van der Waals surface area contributed by atoms with Crippen molar-refractivity contribution in [1.29, 1.82) is 0 Å². The van der Waals surface area contributed by atoms with Crippen LogP contribution in [0, 0.1) is 24.7 Å². The van der Waals surface area contributed by atoms with Gasteiger partial charge in [0.2, 0.25) is 5.91 Å². The first-order valence-corrected chi connectivity index (χ1v) is 11.7. The Morgan fingerprint density at radius 3 is 2.36 bits per heavy atom. The van der Waals surface area contributed by atoms with Crippen LogP contribution in [0.4, 0.5) is 0 Å². The number of rotatable bonds is 5. The van der Waals surface area contributed by atoms with Crippen LogP contribution in [0.1, 0.15) is 44.2 Å². The van der Waals surface area contributed by atoms with E-state index in [1.54, 1.807) is 4.31 Å². The van der Waals surface area contributed by atoms with Gasteiger partial charge in [-0.15, -0.1) is 0 Å². The molecule has 156 valence electrons. The highest BCUT2D eigenvalue weighted by atomic mass is 32.2. The predicted molar refractivity (Wildman–Crippen MR) is 111 cm³/mol. The van der Waals surface area contributed by atoms with Crippen LogP contribution in [0.5, 0.6) is 0 Å². The second kappa shape index (κ2) is 8.93. The van der Waals surface area contributed by atoms with Gasteiger partial charge in [-0.3, -0.25) is 4.79 Å². The Balaban J connectivity index is 1.59. The highest BCUT2D eigenvalue weighted by Crippen LogP contribution is 2.27. The zero-order valence-corrected chi connectivity index (χ0v) is 18.0. The average Bonchev–Trinajstić information content (AvgIpc) is 2.66. The molecule has 2 aliphatic rings. The molecule has 0 bridgehead atoms. The maximum atomic E-state index is 13.1. The summed E-state index contributed by atoms with van der Waals surface area (Å²) in [5.74, 6) is 0.406. The first-order valence-electron chi connectivity index (χ1n) is 10.3. The minimum Gasteiger partial charge on any atom is -0.352 e. The zero-order valence-electron chi connectivity index (χ0n) is 17.2. The average molecular weight is 408 g/mol. The normalized spacial score (nSPS) is 27.5. The molecule has 2 aliphatic heterocycles. The molecule has 2 saturated heterocycles. The van der Waals surface area contributed by atoms with Crippen molar-refractivity contribution < 1.29 is 13.2 Å². The fourth-order valence-corrected chi connectivity index (χ4v) is 6.30. The number of carbonyl (C=O) groups is 1. The number of nitrogens with zero attached hydrogens (tertiary/aromatic N) is 2.